The fourth-order valence-corrected chi connectivity index (χ4v) is 2.05. The van der Waals surface area contributed by atoms with Crippen molar-refractivity contribution in [2.45, 2.75) is 25.8 Å². The molecule has 15 heavy (non-hydrogen) atoms. The fourth-order valence-electron chi connectivity index (χ4n) is 1.84. The number of aromatic nitrogens is 1. The van der Waals surface area contributed by atoms with Crippen molar-refractivity contribution in [1.29, 1.82) is 5.26 Å². The highest BCUT2D eigenvalue weighted by Crippen LogP contribution is 2.31. The Morgan fingerprint density at radius 3 is 2.93 bits per heavy atom. The summed E-state index contributed by atoms with van der Waals surface area (Å²) in [6.07, 6.45) is 3.90. The summed E-state index contributed by atoms with van der Waals surface area (Å²) in [7, 11) is 0. The molecular weight excluding hydrogens is 210 g/mol. The van der Waals surface area contributed by atoms with Gasteiger partial charge in [-0.2, -0.15) is 5.26 Å². The molecule has 2 rings (SSSR count). The van der Waals surface area contributed by atoms with E-state index in [0.29, 0.717) is 22.4 Å². The van der Waals surface area contributed by atoms with Gasteiger partial charge in [0.2, 0.25) is 0 Å². The highest BCUT2D eigenvalue weighted by atomic mass is 35.5. The third-order valence-corrected chi connectivity index (χ3v) is 3.11. The molecule has 78 valence electrons. The van der Waals surface area contributed by atoms with Gasteiger partial charge in [0, 0.05) is 12.2 Å². The number of rotatable bonds is 2. The normalized spacial score (nSPS) is 24.1. The van der Waals surface area contributed by atoms with E-state index in [1.54, 1.807) is 12.3 Å². The first-order chi connectivity index (χ1) is 7.20. The predicted molar refractivity (Wildman–Crippen MR) is 59.8 cm³/mol. The first-order valence-corrected chi connectivity index (χ1v) is 5.39. The van der Waals surface area contributed by atoms with Crippen LogP contribution >= 0.6 is 11.6 Å². The van der Waals surface area contributed by atoms with E-state index >= 15 is 0 Å². The summed E-state index contributed by atoms with van der Waals surface area (Å²) in [5.74, 6) is 1.41. The number of halogens is 1. The van der Waals surface area contributed by atoms with Gasteiger partial charge in [-0.3, -0.25) is 0 Å². The Hall–Kier alpha value is -1.27. The van der Waals surface area contributed by atoms with Gasteiger partial charge in [-0.1, -0.05) is 18.5 Å². The van der Waals surface area contributed by atoms with Crippen LogP contribution in [-0.4, -0.2) is 11.0 Å². The van der Waals surface area contributed by atoms with Crippen LogP contribution in [0.3, 0.4) is 0 Å². The van der Waals surface area contributed by atoms with E-state index in [9.17, 15) is 0 Å². The lowest BCUT2D eigenvalue weighted by Crippen LogP contribution is -2.34. The lowest BCUT2D eigenvalue weighted by atomic mass is 9.82. The Labute approximate surface area is 94.1 Å². The maximum Gasteiger partial charge on any atom is 0.146 e. The van der Waals surface area contributed by atoms with Crippen molar-refractivity contribution < 1.29 is 0 Å². The Bertz CT molecular complexity index is 405. The van der Waals surface area contributed by atoms with Crippen LogP contribution in [0.25, 0.3) is 0 Å². The van der Waals surface area contributed by atoms with E-state index in [4.69, 9.17) is 16.9 Å². The number of pyridine rings is 1. The van der Waals surface area contributed by atoms with Crippen LogP contribution in [0.4, 0.5) is 5.82 Å². The molecule has 1 aromatic rings. The molecule has 0 unspecified atom stereocenters. The summed E-state index contributed by atoms with van der Waals surface area (Å²) >= 11 is 6.02. The van der Waals surface area contributed by atoms with Crippen molar-refractivity contribution in [2.24, 2.45) is 5.92 Å². The van der Waals surface area contributed by atoms with Gasteiger partial charge in [-0.15, -0.1) is 0 Å². The average Bonchev–Trinajstić information content (AvgIpc) is 2.18. The molecule has 1 N–H and O–H groups in total. The van der Waals surface area contributed by atoms with E-state index in [1.165, 1.54) is 0 Å². The maximum atomic E-state index is 8.80. The predicted octanol–water partition coefficient (Wildman–Crippen LogP) is 2.82. The van der Waals surface area contributed by atoms with E-state index in [1.807, 2.05) is 6.07 Å². The number of hydrogen-bond acceptors (Lipinski definition) is 3. The zero-order chi connectivity index (χ0) is 10.8. The number of anilines is 1. The van der Waals surface area contributed by atoms with Crippen molar-refractivity contribution in [2.75, 3.05) is 5.32 Å². The van der Waals surface area contributed by atoms with Crippen molar-refractivity contribution in [3.05, 3.63) is 22.8 Å². The van der Waals surface area contributed by atoms with E-state index in [0.717, 1.165) is 18.8 Å². The van der Waals surface area contributed by atoms with Gasteiger partial charge in [-0.05, 0) is 24.8 Å². The minimum atomic E-state index is 0.430. The largest absolute Gasteiger partial charge is 0.366 e. The van der Waals surface area contributed by atoms with Gasteiger partial charge in [-0.25, -0.2) is 4.98 Å². The molecule has 0 bridgehead atoms. The summed E-state index contributed by atoms with van der Waals surface area (Å²) in [6.45, 7) is 2.22. The Morgan fingerprint density at radius 1 is 1.60 bits per heavy atom. The zero-order valence-corrected chi connectivity index (χ0v) is 9.25. The minimum absolute atomic E-state index is 0.430. The van der Waals surface area contributed by atoms with Crippen LogP contribution in [0.2, 0.25) is 5.02 Å². The van der Waals surface area contributed by atoms with Gasteiger partial charge in [0.15, 0.2) is 0 Å². The number of nitrogens with zero attached hydrogens (tertiary/aromatic N) is 2. The fraction of sp³-hybridized carbons (Fsp3) is 0.455. The molecule has 1 saturated carbocycles. The SMILES string of the molecule is CC1CC(Nc2nccc(C#N)c2Cl)C1. The summed E-state index contributed by atoms with van der Waals surface area (Å²) < 4.78 is 0. The van der Waals surface area contributed by atoms with Crippen molar-refractivity contribution in [3.63, 3.8) is 0 Å². The van der Waals surface area contributed by atoms with Crippen molar-refractivity contribution >= 4 is 17.4 Å². The number of hydrogen-bond donors (Lipinski definition) is 1. The molecule has 0 aromatic carbocycles. The van der Waals surface area contributed by atoms with Crippen LogP contribution in [0, 0.1) is 17.2 Å². The lowest BCUT2D eigenvalue weighted by molar-refractivity contribution is 0.308. The molecule has 1 heterocycles. The zero-order valence-electron chi connectivity index (χ0n) is 8.50. The molecule has 1 fully saturated rings. The van der Waals surface area contributed by atoms with E-state index in [2.05, 4.69) is 17.2 Å². The van der Waals surface area contributed by atoms with E-state index < -0.39 is 0 Å². The molecule has 1 aliphatic carbocycles. The summed E-state index contributed by atoms with van der Waals surface area (Å²) in [5, 5.41) is 12.5. The van der Waals surface area contributed by atoms with Crippen LogP contribution < -0.4 is 5.32 Å². The number of nitriles is 1. The molecule has 1 aromatic heterocycles. The summed E-state index contributed by atoms with van der Waals surface area (Å²) in [6, 6.07) is 4.12. The lowest BCUT2D eigenvalue weighted by Gasteiger charge is -2.33. The first-order valence-electron chi connectivity index (χ1n) is 5.02. The average molecular weight is 222 g/mol. The Balaban J connectivity index is 2.12. The van der Waals surface area contributed by atoms with Crippen LogP contribution in [0.5, 0.6) is 0 Å². The Kier molecular flexibility index (Phi) is 2.79. The smallest absolute Gasteiger partial charge is 0.146 e. The molecule has 0 saturated heterocycles. The second kappa shape index (κ2) is 4.08. The molecule has 0 aliphatic heterocycles. The molecule has 3 nitrogen and oxygen atoms in total. The van der Waals surface area contributed by atoms with Gasteiger partial charge in [0.1, 0.15) is 16.9 Å². The van der Waals surface area contributed by atoms with Crippen LogP contribution in [0.1, 0.15) is 25.3 Å². The summed E-state index contributed by atoms with van der Waals surface area (Å²) in [4.78, 5) is 4.14. The third-order valence-electron chi connectivity index (χ3n) is 2.72. The Morgan fingerprint density at radius 2 is 2.33 bits per heavy atom. The van der Waals surface area contributed by atoms with Crippen LogP contribution in [0.15, 0.2) is 12.3 Å². The van der Waals surface area contributed by atoms with Crippen LogP contribution in [-0.2, 0) is 0 Å². The second-order valence-electron chi connectivity index (χ2n) is 4.05. The summed E-state index contributed by atoms with van der Waals surface area (Å²) in [5.41, 5.74) is 0.474. The third kappa shape index (κ3) is 2.05. The number of nitrogens with one attached hydrogen (secondary N) is 1. The monoisotopic (exact) mass is 221 g/mol. The molecular formula is C11H12ClN3. The highest BCUT2D eigenvalue weighted by Gasteiger charge is 2.26. The molecule has 0 amide bonds. The van der Waals surface area contributed by atoms with Gasteiger partial charge in [0.05, 0.1) is 5.56 Å². The quantitative estimate of drug-likeness (QED) is 0.836. The molecule has 0 radical (unpaired) electrons. The molecule has 0 atom stereocenters. The topological polar surface area (TPSA) is 48.7 Å². The molecule has 1 aliphatic rings. The van der Waals surface area contributed by atoms with Crippen molar-refractivity contribution in [1.82, 2.24) is 4.98 Å². The van der Waals surface area contributed by atoms with E-state index in [-0.39, 0.29) is 0 Å². The maximum absolute atomic E-state index is 8.80. The molecule has 4 heteroatoms. The minimum Gasteiger partial charge on any atom is -0.366 e. The van der Waals surface area contributed by atoms with Gasteiger partial charge < -0.3 is 5.32 Å². The standard InChI is InChI=1S/C11H12ClN3/c1-7-4-9(5-7)15-11-10(12)8(6-13)2-3-14-11/h2-3,7,9H,4-5H2,1H3,(H,14,15). The van der Waals surface area contributed by atoms with Crippen molar-refractivity contribution in [3.8, 4) is 6.07 Å². The second-order valence-corrected chi connectivity index (χ2v) is 4.43. The first kappa shape index (κ1) is 10.3. The van der Waals surface area contributed by atoms with Gasteiger partial charge in [0.25, 0.3) is 0 Å². The van der Waals surface area contributed by atoms with Gasteiger partial charge >= 0.3 is 0 Å². The highest BCUT2D eigenvalue weighted by molar-refractivity contribution is 6.34. The molecule has 0 spiro atoms.